The highest BCUT2D eigenvalue weighted by Gasteiger charge is 2.60. The Morgan fingerprint density at radius 3 is 1.12 bits per heavy atom. The van der Waals surface area contributed by atoms with E-state index >= 15 is 0 Å². The van der Waals surface area contributed by atoms with Crippen molar-refractivity contribution in [1.29, 1.82) is 0 Å². The topological polar surface area (TPSA) is 0 Å². The molecule has 0 spiro atoms. The molecule has 24 heavy (non-hydrogen) atoms. The second-order valence-corrected chi connectivity index (χ2v) is 14.1. The third-order valence-electron chi connectivity index (χ3n) is 8.79. The summed E-state index contributed by atoms with van der Waals surface area (Å²) in [6.45, 7) is 24.7. The second kappa shape index (κ2) is 4.75. The van der Waals surface area contributed by atoms with E-state index in [4.69, 9.17) is 0 Å². The lowest BCUT2D eigenvalue weighted by molar-refractivity contribution is 0.485. The zero-order valence-electron chi connectivity index (χ0n) is 17.0. The molecule has 4 aliphatic rings. The van der Waals surface area contributed by atoms with Crippen molar-refractivity contribution in [3.63, 3.8) is 0 Å². The first-order chi connectivity index (χ1) is 11.0. The van der Waals surface area contributed by atoms with Crippen LogP contribution in [-0.2, 0) is 0 Å². The summed E-state index contributed by atoms with van der Waals surface area (Å²) < 4.78 is 0. The third kappa shape index (κ3) is 1.48. The van der Waals surface area contributed by atoms with Crippen molar-refractivity contribution in [3.05, 3.63) is 43.5 Å². The molecule has 0 saturated heterocycles. The largest absolute Gasteiger partial charge is 0.0589 e. The zero-order valence-corrected chi connectivity index (χ0v) is 18.8. The van der Waals surface area contributed by atoms with Gasteiger partial charge in [0, 0.05) is 10.8 Å². The summed E-state index contributed by atoms with van der Waals surface area (Å²) in [6.07, 6.45) is 0. The van der Waals surface area contributed by atoms with Crippen molar-refractivity contribution in [3.8, 4) is 0 Å². The van der Waals surface area contributed by atoms with Crippen LogP contribution in [0.25, 0.3) is 0 Å². The van der Waals surface area contributed by atoms with Crippen LogP contribution in [0.1, 0.15) is 69.2 Å². The van der Waals surface area contributed by atoms with E-state index in [1.807, 2.05) is 10.6 Å². The van der Waals surface area contributed by atoms with Crippen LogP contribution in [-0.4, -0.2) is 11.3 Å². The molecule has 0 fully saturated rings. The number of hydrogen-bond acceptors (Lipinski definition) is 0. The number of rotatable bonds is 1. The Hall–Kier alpha value is -0.180. The van der Waals surface area contributed by atoms with Gasteiger partial charge in [-0.05, 0) is 90.0 Å². The quantitative estimate of drug-likeness (QED) is 0.417. The van der Waals surface area contributed by atoms with Gasteiger partial charge in [-0.15, -0.1) is 0 Å². The molecule has 4 aliphatic heterocycles. The minimum Gasteiger partial charge on any atom is -0.0589 e. The summed E-state index contributed by atoms with van der Waals surface area (Å²) in [4.78, 5) is 0. The van der Waals surface area contributed by atoms with Gasteiger partial charge in [-0.1, -0.05) is 50.0 Å². The summed E-state index contributed by atoms with van der Waals surface area (Å²) >= 11 is 0. The van der Waals surface area contributed by atoms with E-state index in [2.05, 4.69) is 69.2 Å². The highest BCUT2D eigenvalue weighted by molar-refractivity contribution is 7.73. The van der Waals surface area contributed by atoms with Crippen LogP contribution in [0.15, 0.2) is 43.5 Å². The van der Waals surface area contributed by atoms with Crippen molar-refractivity contribution in [2.75, 3.05) is 0 Å². The summed E-state index contributed by atoms with van der Waals surface area (Å²) in [5.74, 6) is 0. The smallest absolute Gasteiger partial charge is 0.0173 e. The standard InChI is InChI=1S/C22H32P2/c1-11-15(5)23-17(7)21(11,9)13(3)19(23)20-14(4)22(10)12(2)16(6)24(20)18(22)8/h17-18H,1-10H3/t17-,18?,21?,22+,23?,24?/m0/s1. The van der Waals surface area contributed by atoms with Crippen LogP contribution in [0.3, 0.4) is 0 Å². The van der Waals surface area contributed by atoms with Gasteiger partial charge in [0.15, 0.2) is 0 Å². The number of allylic oxidation sites excluding steroid dienone is 8. The lowest BCUT2D eigenvalue weighted by atomic mass is 9.72. The molecule has 130 valence electrons. The number of fused-ring (bicyclic) bond motifs is 4. The van der Waals surface area contributed by atoms with Crippen LogP contribution in [0.5, 0.6) is 0 Å². The molecule has 0 saturated carbocycles. The molecule has 0 aromatic heterocycles. The van der Waals surface area contributed by atoms with Crippen LogP contribution in [0.4, 0.5) is 0 Å². The molecule has 0 aromatic carbocycles. The molecule has 0 radical (unpaired) electrons. The molecule has 4 heterocycles. The van der Waals surface area contributed by atoms with Gasteiger partial charge in [0.25, 0.3) is 0 Å². The molecule has 2 heteroatoms. The molecule has 0 N–H and O–H groups in total. The predicted octanol–water partition coefficient (Wildman–Crippen LogP) is 7.93. The lowest BCUT2D eigenvalue weighted by Gasteiger charge is -2.33. The van der Waals surface area contributed by atoms with E-state index in [0.29, 0.717) is 10.8 Å². The Labute approximate surface area is 151 Å². The molecule has 4 unspecified atom stereocenters. The van der Waals surface area contributed by atoms with E-state index in [1.54, 1.807) is 32.9 Å². The minimum atomic E-state index is -0.111. The van der Waals surface area contributed by atoms with Gasteiger partial charge in [-0.25, -0.2) is 0 Å². The van der Waals surface area contributed by atoms with Crippen LogP contribution in [0, 0.1) is 10.8 Å². The van der Waals surface area contributed by atoms with Crippen LogP contribution < -0.4 is 0 Å². The fourth-order valence-corrected chi connectivity index (χ4v) is 14.4. The Kier molecular flexibility index (Phi) is 3.41. The predicted molar refractivity (Wildman–Crippen MR) is 111 cm³/mol. The molecule has 0 aliphatic carbocycles. The average Bonchev–Trinajstić information content (AvgIpc) is 3.00. The number of hydrogen-bond donors (Lipinski definition) is 0. The molecule has 0 amide bonds. The van der Waals surface area contributed by atoms with Gasteiger partial charge in [-0.3, -0.25) is 0 Å². The maximum Gasteiger partial charge on any atom is 0.0173 e. The molecular weight excluding hydrogens is 326 g/mol. The highest BCUT2D eigenvalue weighted by atomic mass is 31.1. The van der Waals surface area contributed by atoms with Crippen LogP contribution >= 0.6 is 15.8 Å². The van der Waals surface area contributed by atoms with Crippen molar-refractivity contribution in [2.24, 2.45) is 10.8 Å². The summed E-state index contributed by atoms with van der Waals surface area (Å²) in [6, 6.07) is 0. The molecule has 6 atom stereocenters. The lowest BCUT2D eigenvalue weighted by Crippen LogP contribution is -2.24. The second-order valence-electron chi connectivity index (χ2n) is 8.86. The zero-order chi connectivity index (χ0) is 17.9. The van der Waals surface area contributed by atoms with E-state index in [-0.39, 0.29) is 15.8 Å². The minimum absolute atomic E-state index is 0.111. The molecule has 0 aromatic rings. The van der Waals surface area contributed by atoms with Gasteiger partial charge >= 0.3 is 0 Å². The SMILES string of the molecule is CC1=C(C)[C@]2(C)C(C)=C(C3=C(C)C4(C)C(C)=C(C)P3[C@H]4C)P1C2C. The highest BCUT2D eigenvalue weighted by Crippen LogP contribution is 2.86. The third-order valence-corrected chi connectivity index (χ3v) is 15.7. The maximum atomic E-state index is 2.53. The Morgan fingerprint density at radius 2 is 0.875 bits per heavy atom. The van der Waals surface area contributed by atoms with Gasteiger partial charge in [-0.2, -0.15) is 0 Å². The monoisotopic (exact) mass is 358 g/mol. The molecule has 0 nitrogen and oxygen atoms in total. The normalized spacial score (nSPS) is 47.2. The Balaban J connectivity index is 1.95. The van der Waals surface area contributed by atoms with Gasteiger partial charge < -0.3 is 0 Å². The van der Waals surface area contributed by atoms with Gasteiger partial charge in [0.1, 0.15) is 0 Å². The molecule has 4 bridgehead atoms. The summed E-state index contributed by atoms with van der Waals surface area (Å²) in [5.41, 5.74) is 9.04. The Bertz CT molecular complexity index is 738. The average molecular weight is 358 g/mol. The summed E-state index contributed by atoms with van der Waals surface area (Å²) in [7, 11) is -0.222. The van der Waals surface area contributed by atoms with E-state index in [0.717, 1.165) is 11.3 Å². The summed E-state index contributed by atoms with van der Waals surface area (Å²) in [5, 5.41) is 7.12. The van der Waals surface area contributed by atoms with E-state index < -0.39 is 0 Å². The molecular formula is C22H32P2. The van der Waals surface area contributed by atoms with Crippen molar-refractivity contribution in [2.45, 2.75) is 80.6 Å². The van der Waals surface area contributed by atoms with Gasteiger partial charge in [0.2, 0.25) is 0 Å². The van der Waals surface area contributed by atoms with Crippen molar-refractivity contribution in [1.82, 2.24) is 0 Å². The first-order valence-electron chi connectivity index (χ1n) is 9.39. The van der Waals surface area contributed by atoms with Crippen molar-refractivity contribution >= 4 is 15.8 Å². The fraction of sp³-hybridized carbons (Fsp3) is 0.636. The van der Waals surface area contributed by atoms with E-state index in [9.17, 15) is 0 Å². The maximum absolute atomic E-state index is 2.53. The Morgan fingerprint density at radius 1 is 0.583 bits per heavy atom. The van der Waals surface area contributed by atoms with Gasteiger partial charge in [0.05, 0.1) is 0 Å². The first-order valence-corrected chi connectivity index (χ1v) is 12.2. The van der Waals surface area contributed by atoms with Crippen molar-refractivity contribution < 1.29 is 0 Å². The van der Waals surface area contributed by atoms with Crippen LogP contribution in [0.2, 0.25) is 0 Å². The fourth-order valence-electron chi connectivity index (χ4n) is 6.19. The molecule has 4 rings (SSSR count). The van der Waals surface area contributed by atoms with E-state index in [1.165, 1.54) is 0 Å². The first kappa shape index (κ1) is 17.2.